The van der Waals surface area contributed by atoms with Crippen LogP contribution in [0.25, 0.3) is 17.0 Å². The van der Waals surface area contributed by atoms with Crippen molar-refractivity contribution in [2.75, 3.05) is 19.7 Å². The fourth-order valence-corrected chi connectivity index (χ4v) is 3.60. The number of carbonyl (C=O) groups excluding carboxylic acids is 1. The summed E-state index contributed by atoms with van der Waals surface area (Å²) >= 11 is 0. The molecule has 0 aliphatic heterocycles. The number of nitrogens with one attached hydrogen (secondary N) is 2. The quantitative estimate of drug-likeness (QED) is 0.170. The number of aromatic amines is 1. The Hall–Kier alpha value is -2.93. The lowest BCUT2D eigenvalue weighted by molar-refractivity contribution is -0.124. The summed E-state index contributed by atoms with van der Waals surface area (Å²) in [6.45, 7) is 2.49. The summed E-state index contributed by atoms with van der Waals surface area (Å²) in [5, 5.41) is 19.2. The summed E-state index contributed by atoms with van der Waals surface area (Å²) in [6, 6.07) is 16.3. The molecular formula is C24H29N3O3. The van der Waals surface area contributed by atoms with Crippen molar-refractivity contribution in [3.63, 3.8) is 0 Å². The molecule has 3 aromatic rings. The van der Waals surface area contributed by atoms with Gasteiger partial charge >= 0.3 is 0 Å². The van der Waals surface area contributed by atoms with Crippen LogP contribution in [0, 0.1) is 0 Å². The average molecular weight is 408 g/mol. The zero-order valence-corrected chi connectivity index (χ0v) is 17.1. The van der Waals surface area contributed by atoms with Crippen molar-refractivity contribution in [1.29, 1.82) is 0 Å². The van der Waals surface area contributed by atoms with Gasteiger partial charge < -0.3 is 10.1 Å². The highest BCUT2D eigenvalue weighted by Gasteiger charge is 2.07. The molecule has 6 nitrogen and oxygen atoms in total. The minimum absolute atomic E-state index is 0.138. The predicted molar refractivity (Wildman–Crippen MR) is 119 cm³/mol. The van der Waals surface area contributed by atoms with Gasteiger partial charge in [0.2, 0.25) is 0 Å². The molecule has 0 saturated carbocycles. The van der Waals surface area contributed by atoms with Crippen molar-refractivity contribution in [3.05, 3.63) is 77.5 Å². The van der Waals surface area contributed by atoms with Gasteiger partial charge in [0.05, 0.1) is 6.61 Å². The van der Waals surface area contributed by atoms with Crippen LogP contribution in [0.3, 0.4) is 0 Å². The van der Waals surface area contributed by atoms with Crippen LogP contribution in [0.4, 0.5) is 0 Å². The normalized spacial score (nSPS) is 11.6. The van der Waals surface area contributed by atoms with Crippen molar-refractivity contribution in [2.45, 2.75) is 25.8 Å². The highest BCUT2D eigenvalue weighted by atomic mass is 16.5. The number of H-pyrrole nitrogens is 1. The van der Waals surface area contributed by atoms with Gasteiger partial charge in [-0.2, -0.15) is 0 Å². The fraction of sp³-hybridized carbons (Fsp3) is 0.292. The van der Waals surface area contributed by atoms with Gasteiger partial charge in [0.15, 0.2) is 0 Å². The van der Waals surface area contributed by atoms with Gasteiger partial charge in [-0.3, -0.25) is 14.9 Å². The first-order valence-corrected chi connectivity index (χ1v) is 10.3. The predicted octanol–water partition coefficient (Wildman–Crippen LogP) is 3.50. The summed E-state index contributed by atoms with van der Waals surface area (Å²) in [6.07, 6.45) is 8.24. The molecule has 4 N–H and O–H groups in total. The van der Waals surface area contributed by atoms with E-state index >= 15 is 0 Å². The summed E-state index contributed by atoms with van der Waals surface area (Å²) in [5.74, 6) is -0.555. The first-order chi connectivity index (χ1) is 14.7. The SMILES string of the molecule is O=C(C=Cc1ccc(CN(CCO)CCCCc2c[nH]c3ccccc23)cc1)NO. The third-order valence-electron chi connectivity index (χ3n) is 5.18. The number of unbranched alkanes of at least 4 members (excludes halogenated alkanes) is 1. The van der Waals surface area contributed by atoms with Crippen LogP contribution in [0.5, 0.6) is 0 Å². The molecule has 3 rings (SSSR count). The number of hydroxylamine groups is 1. The molecular weight excluding hydrogens is 378 g/mol. The van der Waals surface area contributed by atoms with E-state index < -0.39 is 5.91 Å². The number of rotatable bonds is 11. The van der Waals surface area contributed by atoms with Crippen molar-refractivity contribution in [1.82, 2.24) is 15.4 Å². The maximum atomic E-state index is 11.1. The van der Waals surface area contributed by atoms with Crippen molar-refractivity contribution in [2.24, 2.45) is 0 Å². The van der Waals surface area contributed by atoms with E-state index in [1.54, 1.807) is 11.6 Å². The number of carbonyl (C=O) groups is 1. The molecule has 0 atom stereocenters. The molecule has 0 saturated heterocycles. The second-order valence-electron chi connectivity index (χ2n) is 7.37. The highest BCUT2D eigenvalue weighted by Crippen LogP contribution is 2.19. The molecule has 0 aliphatic rings. The number of hydrogen-bond donors (Lipinski definition) is 4. The Labute approximate surface area is 176 Å². The summed E-state index contributed by atoms with van der Waals surface area (Å²) in [4.78, 5) is 16.6. The van der Waals surface area contributed by atoms with E-state index in [0.29, 0.717) is 6.54 Å². The smallest absolute Gasteiger partial charge is 0.267 e. The molecule has 0 fully saturated rings. The second kappa shape index (κ2) is 11.3. The Bertz CT molecular complexity index is 963. The van der Waals surface area contributed by atoms with E-state index in [9.17, 15) is 9.90 Å². The molecule has 0 bridgehead atoms. The van der Waals surface area contributed by atoms with E-state index in [1.165, 1.54) is 22.5 Å². The fourth-order valence-electron chi connectivity index (χ4n) is 3.60. The van der Waals surface area contributed by atoms with Crippen molar-refractivity contribution >= 4 is 22.9 Å². The molecule has 0 radical (unpaired) electrons. The van der Waals surface area contributed by atoms with E-state index in [0.717, 1.165) is 43.5 Å². The lowest BCUT2D eigenvalue weighted by atomic mass is 10.1. The Morgan fingerprint density at radius 1 is 1.07 bits per heavy atom. The topological polar surface area (TPSA) is 88.6 Å². The number of benzene rings is 2. The number of fused-ring (bicyclic) bond motifs is 1. The zero-order valence-electron chi connectivity index (χ0n) is 17.1. The minimum Gasteiger partial charge on any atom is -0.395 e. The van der Waals surface area contributed by atoms with Gasteiger partial charge in [-0.1, -0.05) is 42.5 Å². The molecule has 158 valence electrons. The summed E-state index contributed by atoms with van der Waals surface area (Å²) in [7, 11) is 0. The number of aliphatic hydroxyl groups is 1. The van der Waals surface area contributed by atoms with Crippen LogP contribution in [0.15, 0.2) is 60.8 Å². The Morgan fingerprint density at radius 3 is 2.63 bits per heavy atom. The molecule has 6 heteroatoms. The maximum Gasteiger partial charge on any atom is 0.267 e. The van der Waals surface area contributed by atoms with Crippen LogP contribution in [-0.4, -0.2) is 45.8 Å². The molecule has 1 amide bonds. The van der Waals surface area contributed by atoms with Crippen LogP contribution in [-0.2, 0) is 17.8 Å². The first kappa shape index (κ1) is 21.8. The molecule has 1 aromatic heterocycles. The number of aromatic nitrogens is 1. The molecule has 0 unspecified atom stereocenters. The largest absolute Gasteiger partial charge is 0.395 e. The third-order valence-corrected chi connectivity index (χ3v) is 5.18. The lowest BCUT2D eigenvalue weighted by Crippen LogP contribution is -2.27. The van der Waals surface area contributed by atoms with E-state index in [2.05, 4.69) is 34.3 Å². The highest BCUT2D eigenvalue weighted by molar-refractivity contribution is 5.90. The van der Waals surface area contributed by atoms with Crippen molar-refractivity contribution in [3.8, 4) is 0 Å². The number of hydrogen-bond acceptors (Lipinski definition) is 4. The van der Waals surface area contributed by atoms with Gasteiger partial charge in [0.25, 0.3) is 5.91 Å². The van der Waals surface area contributed by atoms with E-state index in [1.807, 2.05) is 30.3 Å². The van der Waals surface area contributed by atoms with Crippen molar-refractivity contribution < 1.29 is 15.1 Å². The van der Waals surface area contributed by atoms with Gasteiger partial charge in [0, 0.05) is 36.3 Å². The standard InChI is InChI=1S/C24H29N3O3/c28-16-15-27(18-20-10-8-19(9-11-20)12-13-24(29)26-30)14-4-3-5-21-17-25-23-7-2-1-6-22(21)23/h1-2,6-13,17,25,28,30H,3-5,14-16,18H2,(H,26,29). The number of nitrogens with zero attached hydrogens (tertiary/aromatic N) is 1. The molecule has 0 aliphatic carbocycles. The maximum absolute atomic E-state index is 11.1. The Morgan fingerprint density at radius 2 is 1.87 bits per heavy atom. The second-order valence-corrected chi connectivity index (χ2v) is 7.37. The number of aliphatic hydroxyl groups excluding tert-OH is 1. The molecule has 2 aromatic carbocycles. The molecule has 30 heavy (non-hydrogen) atoms. The minimum atomic E-state index is -0.555. The third kappa shape index (κ3) is 6.29. The number of para-hydroxylation sites is 1. The molecule has 1 heterocycles. The average Bonchev–Trinajstić information content (AvgIpc) is 3.19. The van der Waals surface area contributed by atoms with Gasteiger partial charge in [-0.05, 0) is 54.6 Å². The van der Waals surface area contributed by atoms with E-state index in [-0.39, 0.29) is 6.61 Å². The Balaban J connectivity index is 1.48. The van der Waals surface area contributed by atoms with Gasteiger partial charge in [-0.25, -0.2) is 5.48 Å². The number of amides is 1. The summed E-state index contributed by atoms with van der Waals surface area (Å²) in [5.41, 5.74) is 6.16. The zero-order chi connectivity index (χ0) is 21.2. The lowest BCUT2D eigenvalue weighted by Gasteiger charge is -2.21. The monoisotopic (exact) mass is 407 g/mol. The Kier molecular flexibility index (Phi) is 8.20. The van der Waals surface area contributed by atoms with Gasteiger partial charge in [-0.15, -0.1) is 0 Å². The number of aryl methyl sites for hydroxylation is 1. The van der Waals surface area contributed by atoms with E-state index in [4.69, 9.17) is 5.21 Å². The first-order valence-electron chi connectivity index (χ1n) is 10.3. The van der Waals surface area contributed by atoms with Crippen LogP contribution >= 0.6 is 0 Å². The van der Waals surface area contributed by atoms with Crippen LogP contribution in [0.1, 0.15) is 29.5 Å². The van der Waals surface area contributed by atoms with Crippen LogP contribution in [0.2, 0.25) is 0 Å². The molecule has 0 spiro atoms. The summed E-state index contributed by atoms with van der Waals surface area (Å²) < 4.78 is 0. The van der Waals surface area contributed by atoms with Gasteiger partial charge in [0.1, 0.15) is 0 Å². The van der Waals surface area contributed by atoms with Crippen LogP contribution < -0.4 is 5.48 Å².